The lowest BCUT2D eigenvalue weighted by atomic mass is 10.3. The summed E-state index contributed by atoms with van der Waals surface area (Å²) in [5.74, 6) is 0.664. The van der Waals surface area contributed by atoms with Crippen LogP contribution >= 0.6 is 0 Å². The number of benzene rings is 1. The molecule has 26 heavy (non-hydrogen) atoms. The molecule has 2 N–H and O–H groups in total. The van der Waals surface area contributed by atoms with E-state index in [0.29, 0.717) is 24.4 Å². The van der Waals surface area contributed by atoms with Crippen molar-refractivity contribution in [3.8, 4) is 11.8 Å². The molecule has 3 amide bonds. The second kappa shape index (κ2) is 8.28. The molecule has 1 atom stereocenters. The Labute approximate surface area is 151 Å². The molecule has 0 radical (unpaired) electrons. The Morgan fingerprint density at radius 2 is 2.12 bits per heavy atom. The number of amides is 3. The molecule has 2 heterocycles. The number of hydrogen-bond donors (Lipinski definition) is 2. The van der Waals surface area contributed by atoms with Crippen LogP contribution in [0, 0.1) is 0 Å². The normalized spacial score (nSPS) is 14.8. The van der Waals surface area contributed by atoms with Crippen molar-refractivity contribution in [2.45, 2.75) is 25.8 Å². The maximum Gasteiger partial charge on any atom is 0.321 e. The molecule has 1 aliphatic rings. The van der Waals surface area contributed by atoms with Gasteiger partial charge in [-0.25, -0.2) is 14.8 Å². The molecule has 1 aromatic carbocycles. The molecule has 1 fully saturated rings. The zero-order valence-electron chi connectivity index (χ0n) is 14.5. The van der Waals surface area contributed by atoms with Crippen LogP contribution in [0.1, 0.15) is 19.8 Å². The van der Waals surface area contributed by atoms with E-state index < -0.39 is 0 Å². The Morgan fingerprint density at radius 3 is 2.85 bits per heavy atom. The van der Waals surface area contributed by atoms with Crippen molar-refractivity contribution in [3.05, 3.63) is 42.7 Å². The molecule has 8 nitrogen and oxygen atoms in total. The fourth-order valence-corrected chi connectivity index (χ4v) is 2.75. The van der Waals surface area contributed by atoms with Crippen LogP contribution in [0.3, 0.4) is 0 Å². The highest BCUT2D eigenvalue weighted by Crippen LogP contribution is 2.21. The maximum absolute atomic E-state index is 12.2. The van der Waals surface area contributed by atoms with Crippen molar-refractivity contribution in [1.82, 2.24) is 20.2 Å². The molecule has 0 spiro atoms. The van der Waals surface area contributed by atoms with E-state index in [2.05, 4.69) is 20.6 Å². The minimum atomic E-state index is -0.336. The number of nitrogens with zero attached hydrogens (tertiary/aromatic N) is 3. The van der Waals surface area contributed by atoms with Gasteiger partial charge in [-0.05, 0) is 31.5 Å². The quantitative estimate of drug-likeness (QED) is 0.829. The van der Waals surface area contributed by atoms with E-state index in [1.165, 1.54) is 0 Å². The van der Waals surface area contributed by atoms with Crippen LogP contribution in [-0.4, -0.2) is 45.9 Å². The van der Waals surface area contributed by atoms with Crippen LogP contribution in [-0.2, 0) is 4.79 Å². The average molecular weight is 355 g/mol. The Balaban J connectivity index is 1.52. The Kier molecular flexibility index (Phi) is 5.62. The van der Waals surface area contributed by atoms with Crippen molar-refractivity contribution in [2.24, 2.45) is 0 Å². The SMILES string of the molecule is C[C@@H](CN1CCCC1=O)NC(=O)Nc1cccc(Oc2ncccn2)c1. The van der Waals surface area contributed by atoms with Crippen molar-refractivity contribution < 1.29 is 14.3 Å². The van der Waals surface area contributed by atoms with Gasteiger partial charge >= 0.3 is 12.0 Å². The van der Waals surface area contributed by atoms with Crippen molar-refractivity contribution >= 4 is 17.6 Å². The number of likely N-dealkylation sites (tertiary alicyclic amines) is 1. The van der Waals surface area contributed by atoms with Gasteiger partial charge in [0.25, 0.3) is 0 Å². The first-order chi connectivity index (χ1) is 12.6. The van der Waals surface area contributed by atoms with Crippen molar-refractivity contribution in [1.29, 1.82) is 0 Å². The molecule has 0 saturated carbocycles. The van der Waals surface area contributed by atoms with Crippen LogP contribution in [0.25, 0.3) is 0 Å². The summed E-state index contributed by atoms with van der Waals surface area (Å²) in [5.41, 5.74) is 0.584. The number of ether oxygens (including phenoxy) is 1. The molecule has 1 aromatic heterocycles. The lowest BCUT2D eigenvalue weighted by molar-refractivity contribution is -0.127. The molecule has 3 rings (SSSR count). The summed E-state index contributed by atoms with van der Waals surface area (Å²) in [5, 5.41) is 5.60. The Hall–Kier alpha value is -3.16. The van der Waals surface area contributed by atoms with Gasteiger partial charge < -0.3 is 20.3 Å². The number of aromatic nitrogens is 2. The highest BCUT2D eigenvalue weighted by atomic mass is 16.5. The third-order valence-corrected chi connectivity index (χ3v) is 3.89. The summed E-state index contributed by atoms with van der Waals surface area (Å²) < 4.78 is 5.54. The van der Waals surface area contributed by atoms with Crippen LogP contribution in [0.15, 0.2) is 42.7 Å². The lowest BCUT2D eigenvalue weighted by Crippen LogP contribution is -2.44. The molecule has 0 aliphatic carbocycles. The maximum atomic E-state index is 12.2. The molecular formula is C18H21N5O3. The van der Waals surface area contributed by atoms with Crippen LogP contribution in [0.5, 0.6) is 11.8 Å². The number of hydrogen-bond acceptors (Lipinski definition) is 5. The summed E-state index contributed by atoms with van der Waals surface area (Å²) in [7, 11) is 0. The first-order valence-corrected chi connectivity index (χ1v) is 8.50. The largest absolute Gasteiger partial charge is 0.424 e. The van der Waals surface area contributed by atoms with Crippen molar-refractivity contribution in [2.75, 3.05) is 18.4 Å². The molecule has 1 aliphatic heterocycles. The molecule has 2 aromatic rings. The molecule has 136 valence electrons. The summed E-state index contributed by atoms with van der Waals surface area (Å²) in [6.45, 7) is 3.14. The highest BCUT2D eigenvalue weighted by molar-refractivity contribution is 5.89. The number of rotatable bonds is 6. The number of anilines is 1. The zero-order chi connectivity index (χ0) is 18.4. The summed E-state index contributed by atoms with van der Waals surface area (Å²) in [6, 6.07) is 8.41. The van der Waals surface area contributed by atoms with Gasteiger partial charge in [-0.1, -0.05) is 6.07 Å². The van der Waals surface area contributed by atoms with E-state index in [1.54, 1.807) is 47.6 Å². The standard InChI is InChI=1S/C18H21N5O3/c1-13(12-23-10-3-7-16(23)24)21-17(25)22-14-5-2-6-15(11-14)26-18-19-8-4-9-20-18/h2,4-6,8-9,11,13H,3,7,10,12H2,1H3,(H2,21,22,25)/t13-/m0/s1. The smallest absolute Gasteiger partial charge is 0.321 e. The fourth-order valence-electron chi connectivity index (χ4n) is 2.75. The number of nitrogens with one attached hydrogen (secondary N) is 2. The minimum absolute atomic E-state index is 0.144. The van der Waals surface area contributed by atoms with E-state index in [0.717, 1.165) is 13.0 Å². The third kappa shape index (κ3) is 4.92. The van der Waals surface area contributed by atoms with E-state index in [4.69, 9.17) is 4.74 Å². The lowest BCUT2D eigenvalue weighted by Gasteiger charge is -2.21. The Morgan fingerprint density at radius 1 is 1.31 bits per heavy atom. The summed E-state index contributed by atoms with van der Waals surface area (Å²) in [6.07, 6.45) is 4.65. The fraction of sp³-hybridized carbons (Fsp3) is 0.333. The summed E-state index contributed by atoms with van der Waals surface area (Å²) >= 11 is 0. The summed E-state index contributed by atoms with van der Waals surface area (Å²) in [4.78, 5) is 33.6. The molecule has 8 heteroatoms. The van der Waals surface area contributed by atoms with Gasteiger partial charge in [0.1, 0.15) is 5.75 Å². The monoisotopic (exact) mass is 355 g/mol. The molecule has 0 unspecified atom stereocenters. The second-order valence-electron chi connectivity index (χ2n) is 6.10. The first kappa shape index (κ1) is 17.7. The minimum Gasteiger partial charge on any atom is -0.424 e. The van der Waals surface area contributed by atoms with Crippen molar-refractivity contribution in [3.63, 3.8) is 0 Å². The predicted molar refractivity (Wildman–Crippen MR) is 96.0 cm³/mol. The van der Waals surface area contributed by atoms with E-state index in [1.807, 2.05) is 6.92 Å². The van der Waals surface area contributed by atoms with Gasteiger partial charge in [-0.15, -0.1) is 0 Å². The van der Waals surface area contributed by atoms with Gasteiger partial charge in [0, 0.05) is 49.7 Å². The van der Waals surface area contributed by atoms with Gasteiger partial charge in [0.2, 0.25) is 5.91 Å². The number of carbonyl (C=O) groups is 2. The molecule has 0 bridgehead atoms. The molecule has 1 saturated heterocycles. The van der Waals surface area contributed by atoms with Gasteiger partial charge in [-0.3, -0.25) is 4.79 Å². The van der Waals surface area contributed by atoms with E-state index >= 15 is 0 Å². The van der Waals surface area contributed by atoms with E-state index in [9.17, 15) is 9.59 Å². The topological polar surface area (TPSA) is 96.5 Å². The highest BCUT2D eigenvalue weighted by Gasteiger charge is 2.22. The number of carbonyl (C=O) groups excluding carboxylic acids is 2. The van der Waals surface area contributed by atoms with Gasteiger partial charge in [0.05, 0.1) is 0 Å². The molecular weight excluding hydrogens is 334 g/mol. The first-order valence-electron chi connectivity index (χ1n) is 8.50. The zero-order valence-corrected chi connectivity index (χ0v) is 14.5. The number of urea groups is 1. The average Bonchev–Trinajstić information content (AvgIpc) is 3.00. The second-order valence-corrected chi connectivity index (χ2v) is 6.10. The van der Waals surface area contributed by atoms with Crippen LogP contribution in [0.2, 0.25) is 0 Å². The van der Waals surface area contributed by atoms with Gasteiger partial charge in [-0.2, -0.15) is 0 Å². The third-order valence-electron chi connectivity index (χ3n) is 3.89. The van der Waals surface area contributed by atoms with Gasteiger partial charge in [0.15, 0.2) is 0 Å². The van der Waals surface area contributed by atoms with Crippen LogP contribution in [0.4, 0.5) is 10.5 Å². The van der Waals surface area contributed by atoms with E-state index in [-0.39, 0.29) is 24.0 Å². The Bertz CT molecular complexity index is 768. The predicted octanol–water partition coefficient (Wildman–Crippen LogP) is 2.40. The van der Waals surface area contributed by atoms with Crippen LogP contribution < -0.4 is 15.4 Å².